The molecule has 0 aliphatic heterocycles. The van der Waals surface area contributed by atoms with E-state index in [1.807, 2.05) is 43.6 Å². The first-order valence-corrected chi connectivity index (χ1v) is 12.2. The number of hydrogen-bond donors (Lipinski definition) is 1. The van der Waals surface area contributed by atoms with Crippen LogP contribution in [0.5, 0.6) is 0 Å². The van der Waals surface area contributed by atoms with Crippen molar-refractivity contribution in [1.29, 1.82) is 0 Å². The number of carbonyl (C=O) groups is 1. The first kappa shape index (κ1) is 24.0. The average Bonchev–Trinajstić information content (AvgIpc) is 3.38. The van der Waals surface area contributed by atoms with Crippen LogP contribution in [0.4, 0.5) is 5.82 Å². The van der Waals surface area contributed by atoms with Gasteiger partial charge in [0.25, 0.3) is 0 Å². The number of aryl methyl sites for hydroxylation is 1. The molecule has 10 nitrogen and oxygen atoms in total. The molecule has 0 bridgehead atoms. The lowest BCUT2D eigenvalue weighted by atomic mass is 10.2. The molecule has 4 aromatic rings. The largest absolute Gasteiger partial charge is 0.548 e. The molecule has 0 fully saturated rings. The van der Waals surface area contributed by atoms with Crippen molar-refractivity contribution in [2.75, 3.05) is 11.9 Å². The Kier molecular flexibility index (Phi) is 7.18. The quantitative estimate of drug-likeness (QED) is 0.322. The van der Waals surface area contributed by atoms with Crippen molar-refractivity contribution >= 4 is 21.8 Å². The van der Waals surface area contributed by atoms with E-state index in [0.29, 0.717) is 11.5 Å². The van der Waals surface area contributed by atoms with Gasteiger partial charge in [0.05, 0.1) is 35.3 Å². The van der Waals surface area contributed by atoms with Crippen molar-refractivity contribution in [3.8, 4) is 5.69 Å². The molecule has 0 radical (unpaired) electrons. The number of sulfonamides is 1. The maximum atomic E-state index is 13.6. The van der Waals surface area contributed by atoms with Crippen molar-refractivity contribution in [3.05, 3.63) is 96.7 Å². The number of nitrogens with zero attached hydrogens (tertiary/aromatic N) is 5. The zero-order chi connectivity index (χ0) is 24.8. The molecule has 11 heteroatoms. The first-order chi connectivity index (χ1) is 16.8. The Balaban J connectivity index is 1.62. The second-order valence-electron chi connectivity index (χ2n) is 7.83. The normalized spacial score (nSPS) is 11.5. The minimum atomic E-state index is -3.87. The molecule has 0 aliphatic carbocycles. The Bertz CT molecular complexity index is 1390. The summed E-state index contributed by atoms with van der Waals surface area (Å²) in [7, 11) is -2.06. The number of pyridine rings is 2. The van der Waals surface area contributed by atoms with Gasteiger partial charge in [0.1, 0.15) is 12.9 Å². The van der Waals surface area contributed by atoms with Crippen molar-refractivity contribution in [3.63, 3.8) is 0 Å². The third-order valence-corrected chi connectivity index (χ3v) is 7.01. The number of hydrogen-bond acceptors (Lipinski definition) is 7. The van der Waals surface area contributed by atoms with Crippen molar-refractivity contribution in [1.82, 2.24) is 19.1 Å². The van der Waals surface area contributed by atoms with Crippen LogP contribution in [0.1, 0.15) is 11.3 Å². The summed E-state index contributed by atoms with van der Waals surface area (Å²) < 4.78 is 32.0. The highest BCUT2D eigenvalue weighted by Gasteiger charge is 2.26. The van der Waals surface area contributed by atoms with Gasteiger partial charge >= 0.3 is 0 Å². The van der Waals surface area contributed by atoms with E-state index in [-0.39, 0.29) is 18.0 Å². The number of carboxylic acids is 1. The molecular weight excluding hydrogens is 468 g/mol. The monoisotopic (exact) mass is 492 g/mol. The molecule has 3 heterocycles. The third-order valence-electron chi connectivity index (χ3n) is 5.21. The minimum absolute atomic E-state index is 0.00883. The van der Waals surface area contributed by atoms with Crippen LogP contribution < -0.4 is 15.0 Å². The molecule has 0 atom stereocenters. The van der Waals surface area contributed by atoms with E-state index in [1.54, 1.807) is 58.2 Å². The number of benzene rings is 1. The van der Waals surface area contributed by atoms with Crippen LogP contribution in [0.3, 0.4) is 0 Å². The Morgan fingerprint density at radius 3 is 2.46 bits per heavy atom. The predicted molar refractivity (Wildman–Crippen MR) is 125 cm³/mol. The second-order valence-corrected chi connectivity index (χ2v) is 9.77. The Morgan fingerprint density at radius 1 is 1.06 bits per heavy atom. The predicted octanol–water partition coefficient (Wildman–Crippen LogP) is 0.645. The highest BCUT2D eigenvalue weighted by molar-refractivity contribution is 7.89. The summed E-state index contributed by atoms with van der Waals surface area (Å²) in [5, 5.41) is 17.6. The van der Waals surface area contributed by atoms with Gasteiger partial charge in [0.15, 0.2) is 12.4 Å². The smallest absolute Gasteiger partial charge is 0.244 e. The maximum absolute atomic E-state index is 13.6. The van der Waals surface area contributed by atoms with Gasteiger partial charge in [-0.2, -0.15) is 9.40 Å². The molecule has 0 spiro atoms. The summed E-state index contributed by atoms with van der Waals surface area (Å²) in [6, 6.07) is 17.4. The van der Waals surface area contributed by atoms with Gasteiger partial charge < -0.3 is 15.2 Å². The van der Waals surface area contributed by atoms with Gasteiger partial charge in [0, 0.05) is 31.1 Å². The summed E-state index contributed by atoms with van der Waals surface area (Å²) in [4.78, 5) is 15.3. The van der Waals surface area contributed by atoms with Gasteiger partial charge in [-0.3, -0.25) is 0 Å². The Hall–Kier alpha value is -4.09. The molecule has 1 N–H and O–H groups in total. The van der Waals surface area contributed by atoms with Crippen LogP contribution in [-0.4, -0.2) is 40.0 Å². The fraction of sp³-hybridized carbons (Fsp3) is 0.167. The van der Waals surface area contributed by atoms with Crippen LogP contribution in [0, 0.1) is 0 Å². The van der Waals surface area contributed by atoms with Crippen LogP contribution in [0.25, 0.3) is 5.69 Å². The molecule has 180 valence electrons. The van der Waals surface area contributed by atoms with E-state index >= 15 is 0 Å². The number of carbonyl (C=O) groups excluding carboxylic acids is 1. The van der Waals surface area contributed by atoms with Crippen molar-refractivity contribution in [2.45, 2.75) is 18.0 Å². The van der Waals surface area contributed by atoms with Crippen LogP contribution in [0.15, 0.2) is 90.3 Å². The standard InChI is InChI=1S/C24H24N6O4S/c1-28-14-10-22(11-15-28)35(33,34)29(18-20-4-2-5-23(27-20)25-16-24(31)32)17-19-6-8-21(9-7-19)30-13-3-12-26-30/h2-15H,16-18H2,1H3,(H-,25,27,31,32). The summed E-state index contributed by atoms with van der Waals surface area (Å²) >= 11 is 0. The first-order valence-electron chi connectivity index (χ1n) is 10.8. The van der Waals surface area contributed by atoms with Crippen molar-refractivity contribution < 1.29 is 22.9 Å². The van der Waals surface area contributed by atoms with Gasteiger partial charge in [-0.25, -0.2) is 22.7 Å². The molecular formula is C24H24N6O4S. The van der Waals surface area contributed by atoms with E-state index in [2.05, 4.69) is 15.4 Å². The summed E-state index contributed by atoms with van der Waals surface area (Å²) in [6.45, 7) is -0.297. The molecule has 4 rings (SSSR count). The maximum Gasteiger partial charge on any atom is 0.244 e. The van der Waals surface area contributed by atoms with Crippen LogP contribution in [0.2, 0.25) is 0 Å². The second kappa shape index (κ2) is 10.5. The zero-order valence-electron chi connectivity index (χ0n) is 19.0. The molecule has 0 aliphatic rings. The van der Waals surface area contributed by atoms with E-state index < -0.39 is 22.5 Å². The van der Waals surface area contributed by atoms with E-state index in [4.69, 9.17) is 0 Å². The highest BCUT2D eigenvalue weighted by atomic mass is 32.2. The van der Waals surface area contributed by atoms with E-state index in [1.165, 1.54) is 4.31 Å². The zero-order valence-corrected chi connectivity index (χ0v) is 19.8. The third kappa shape index (κ3) is 6.08. The minimum Gasteiger partial charge on any atom is -0.548 e. The Labute approximate surface area is 203 Å². The number of carboxylic acid groups (broad SMARTS) is 1. The topological polar surface area (TPSA) is 124 Å². The van der Waals surface area contributed by atoms with Crippen LogP contribution >= 0.6 is 0 Å². The Morgan fingerprint density at radius 2 is 1.80 bits per heavy atom. The molecule has 0 unspecified atom stereocenters. The van der Waals surface area contributed by atoms with E-state index in [9.17, 15) is 18.3 Å². The molecule has 0 saturated heterocycles. The summed E-state index contributed by atoms with van der Waals surface area (Å²) in [6.07, 6.45) is 6.86. The fourth-order valence-corrected chi connectivity index (χ4v) is 4.81. The van der Waals surface area contributed by atoms with E-state index in [0.717, 1.165) is 11.3 Å². The number of anilines is 1. The SMILES string of the molecule is C[n+]1ccc(S(=O)(=O)N(Cc2ccc(-n3cccn3)cc2)Cc2cccc(NCC(=O)[O-])n2)cc1. The highest BCUT2D eigenvalue weighted by Crippen LogP contribution is 2.21. The number of aromatic nitrogens is 4. The molecule has 3 aromatic heterocycles. The van der Waals surface area contributed by atoms with Crippen molar-refractivity contribution in [2.24, 2.45) is 7.05 Å². The molecule has 0 amide bonds. The van der Waals surface area contributed by atoms with Gasteiger partial charge in [-0.05, 0) is 35.9 Å². The van der Waals surface area contributed by atoms with Gasteiger partial charge in [-0.1, -0.05) is 18.2 Å². The number of rotatable bonds is 10. The number of aliphatic carboxylic acids is 1. The van der Waals surface area contributed by atoms with Crippen LogP contribution in [-0.2, 0) is 35.0 Å². The lowest BCUT2D eigenvalue weighted by Gasteiger charge is -2.22. The average molecular weight is 493 g/mol. The summed E-state index contributed by atoms with van der Waals surface area (Å²) in [5.74, 6) is -0.948. The lowest BCUT2D eigenvalue weighted by Crippen LogP contribution is -2.32. The van der Waals surface area contributed by atoms with Gasteiger partial charge in [-0.15, -0.1) is 0 Å². The van der Waals surface area contributed by atoms with Gasteiger partial charge in [0.2, 0.25) is 10.0 Å². The number of nitrogens with one attached hydrogen (secondary N) is 1. The molecule has 0 saturated carbocycles. The lowest BCUT2D eigenvalue weighted by molar-refractivity contribution is -0.671. The molecule has 1 aromatic carbocycles. The summed E-state index contributed by atoms with van der Waals surface area (Å²) in [5.41, 5.74) is 2.11. The molecule has 35 heavy (non-hydrogen) atoms. The fourth-order valence-electron chi connectivity index (χ4n) is 3.42.